The lowest BCUT2D eigenvalue weighted by Crippen LogP contribution is -2.11. The summed E-state index contributed by atoms with van der Waals surface area (Å²) in [7, 11) is -1.20. The molecule has 27 heavy (non-hydrogen) atoms. The largest absolute Gasteiger partial charge is 0.497 e. The van der Waals surface area contributed by atoms with E-state index in [1.807, 2.05) is 0 Å². The van der Waals surface area contributed by atoms with E-state index in [0.717, 1.165) is 22.1 Å². The van der Waals surface area contributed by atoms with Gasteiger partial charge < -0.3 is 4.74 Å². The van der Waals surface area contributed by atoms with Crippen molar-refractivity contribution in [3.05, 3.63) is 48.2 Å². The SMILES string of the molecule is COc1ccc(NS(=O)(=O)c2ccc(-c3cc(C(F)(F)F)n(C)n3)s2)cc1. The highest BCUT2D eigenvalue weighted by molar-refractivity contribution is 7.94. The molecule has 0 unspecified atom stereocenters. The van der Waals surface area contributed by atoms with Crippen molar-refractivity contribution in [2.75, 3.05) is 11.8 Å². The van der Waals surface area contributed by atoms with Crippen molar-refractivity contribution >= 4 is 27.0 Å². The van der Waals surface area contributed by atoms with E-state index in [2.05, 4.69) is 9.82 Å². The molecule has 144 valence electrons. The van der Waals surface area contributed by atoms with Gasteiger partial charge >= 0.3 is 6.18 Å². The minimum absolute atomic E-state index is 0.0347. The Labute approximate surface area is 157 Å². The monoisotopic (exact) mass is 417 g/mol. The highest BCUT2D eigenvalue weighted by Gasteiger charge is 2.35. The highest BCUT2D eigenvalue weighted by atomic mass is 32.2. The number of anilines is 1. The summed E-state index contributed by atoms with van der Waals surface area (Å²) < 4.78 is 71.8. The number of aromatic nitrogens is 2. The zero-order chi connectivity index (χ0) is 19.8. The lowest BCUT2D eigenvalue weighted by Gasteiger charge is -2.06. The average Bonchev–Trinajstić information content (AvgIpc) is 3.21. The molecule has 3 aromatic rings. The predicted molar refractivity (Wildman–Crippen MR) is 95.3 cm³/mol. The van der Waals surface area contributed by atoms with Gasteiger partial charge in [0.2, 0.25) is 0 Å². The smallest absolute Gasteiger partial charge is 0.433 e. The average molecular weight is 417 g/mol. The maximum Gasteiger partial charge on any atom is 0.433 e. The number of nitrogens with zero attached hydrogens (tertiary/aromatic N) is 2. The van der Waals surface area contributed by atoms with Gasteiger partial charge in [0.1, 0.15) is 21.3 Å². The molecule has 0 aliphatic heterocycles. The maximum atomic E-state index is 12.9. The Morgan fingerprint density at radius 2 is 1.81 bits per heavy atom. The van der Waals surface area contributed by atoms with Gasteiger partial charge in [-0.3, -0.25) is 9.40 Å². The van der Waals surface area contributed by atoms with Crippen molar-refractivity contribution in [3.63, 3.8) is 0 Å². The van der Waals surface area contributed by atoms with Gasteiger partial charge in [-0.15, -0.1) is 11.3 Å². The Hall–Kier alpha value is -2.53. The van der Waals surface area contributed by atoms with E-state index in [1.54, 1.807) is 24.3 Å². The minimum atomic E-state index is -4.54. The molecule has 0 saturated heterocycles. The minimum Gasteiger partial charge on any atom is -0.497 e. The first kappa shape index (κ1) is 19.2. The molecule has 1 aromatic carbocycles. The first-order chi connectivity index (χ1) is 12.6. The summed E-state index contributed by atoms with van der Waals surface area (Å²) in [5, 5.41) is 3.82. The summed E-state index contributed by atoms with van der Waals surface area (Å²) in [5.41, 5.74) is -0.518. The number of ether oxygens (including phenoxy) is 1. The van der Waals surface area contributed by atoms with Gasteiger partial charge in [-0.2, -0.15) is 18.3 Å². The van der Waals surface area contributed by atoms with Gasteiger partial charge in [-0.1, -0.05) is 0 Å². The Morgan fingerprint density at radius 1 is 1.15 bits per heavy atom. The molecule has 0 saturated carbocycles. The summed E-state index contributed by atoms with van der Waals surface area (Å²) in [6, 6.07) is 9.93. The standard InChI is InChI=1S/C16H14F3N3O3S2/c1-22-14(16(17,18)19)9-12(20-22)13-7-8-15(26-13)27(23,24)21-10-3-5-11(25-2)6-4-10/h3-9,21H,1-2H3. The van der Waals surface area contributed by atoms with E-state index < -0.39 is 21.9 Å². The van der Waals surface area contributed by atoms with Gasteiger partial charge in [-0.25, -0.2) is 8.42 Å². The van der Waals surface area contributed by atoms with Crippen LogP contribution in [0.4, 0.5) is 18.9 Å². The third kappa shape index (κ3) is 4.08. The first-order valence-electron chi connectivity index (χ1n) is 7.48. The molecule has 0 atom stereocenters. The fourth-order valence-corrected chi connectivity index (χ4v) is 4.64. The van der Waals surface area contributed by atoms with Crippen LogP contribution in [0.1, 0.15) is 5.69 Å². The molecule has 11 heteroatoms. The van der Waals surface area contributed by atoms with Crippen molar-refractivity contribution in [3.8, 4) is 16.3 Å². The van der Waals surface area contributed by atoms with E-state index in [0.29, 0.717) is 16.3 Å². The second kappa shape index (κ2) is 6.89. The molecule has 0 aliphatic rings. The fourth-order valence-electron chi connectivity index (χ4n) is 2.32. The summed E-state index contributed by atoms with van der Waals surface area (Å²) in [6.45, 7) is 0. The summed E-state index contributed by atoms with van der Waals surface area (Å²) >= 11 is 0.834. The number of benzene rings is 1. The van der Waals surface area contributed by atoms with Crippen LogP contribution < -0.4 is 9.46 Å². The quantitative estimate of drug-likeness (QED) is 0.682. The van der Waals surface area contributed by atoms with Crippen LogP contribution in [-0.4, -0.2) is 25.3 Å². The van der Waals surface area contributed by atoms with Gasteiger partial charge in [0, 0.05) is 12.7 Å². The van der Waals surface area contributed by atoms with E-state index >= 15 is 0 Å². The number of sulfonamides is 1. The number of hydrogen-bond acceptors (Lipinski definition) is 5. The Kier molecular flexibility index (Phi) is 4.91. The molecular formula is C16H14F3N3O3S2. The number of methoxy groups -OCH3 is 1. The van der Waals surface area contributed by atoms with Crippen LogP contribution in [0.15, 0.2) is 46.7 Å². The van der Waals surface area contributed by atoms with Crippen molar-refractivity contribution in [1.29, 1.82) is 0 Å². The molecule has 1 N–H and O–H groups in total. The van der Waals surface area contributed by atoms with Crippen LogP contribution >= 0.6 is 11.3 Å². The molecule has 2 aromatic heterocycles. The number of aryl methyl sites for hydroxylation is 1. The van der Waals surface area contributed by atoms with Gasteiger partial charge in [-0.05, 0) is 42.5 Å². The van der Waals surface area contributed by atoms with Crippen molar-refractivity contribution in [1.82, 2.24) is 9.78 Å². The van der Waals surface area contributed by atoms with Crippen molar-refractivity contribution < 1.29 is 26.3 Å². The molecule has 0 radical (unpaired) electrons. The third-order valence-electron chi connectivity index (χ3n) is 3.61. The Bertz CT molecular complexity index is 1050. The molecule has 0 aliphatic carbocycles. The molecule has 3 rings (SSSR count). The molecule has 0 amide bonds. The number of alkyl halides is 3. The fraction of sp³-hybridized carbons (Fsp3) is 0.188. The second-order valence-electron chi connectivity index (χ2n) is 5.49. The van der Waals surface area contributed by atoms with Gasteiger partial charge in [0.05, 0.1) is 12.0 Å². The third-order valence-corrected chi connectivity index (χ3v) is 6.59. The number of halogens is 3. The lowest BCUT2D eigenvalue weighted by molar-refractivity contribution is -0.143. The number of rotatable bonds is 5. The lowest BCUT2D eigenvalue weighted by atomic mass is 10.3. The van der Waals surface area contributed by atoms with Crippen LogP contribution in [0.2, 0.25) is 0 Å². The maximum absolute atomic E-state index is 12.9. The summed E-state index contributed by atoms with van der Waals surface area (Å²) in [5.74, 6) is 0.576. The number of thiophene rings is 1. The predicted octanol–water partition coefficient (Wildman–Crippen LogP) is 3.98. The van der Waals surface area contributed by atoms with E-state index in [9.17, 15) is 21.6 Å². The van der Waals surface area contributed by atoms with Gasteiger partial charge in [0.15, 0.2) is 0 Å². The molecular weight excluding hydrogens is 403 g/mol. The molecule has 0 bridgehead atoms. The zero-order valence-electron chi connectivity index (χ0n) is 14.1. The molecule has 2 heterocycles. The van der Waals surface area contributed by atoms with Gasteiger partial charge in [0.25, 0.3) is 10.0 Å². The topological polar surface area (TPSA) is 73.2 Å². The Balaban J connectivity index is 1.86. The molecule has 0 spiro atoms. The van der Waals surface area contributed by atoms with E-state index in [-0.39, 0.29) is 9.90 Å². The van der Waals surface area contributed by atoms with Crippen molar-refractivity contribution in [2.45, 2.75) is 10.4 Å². The van der Waals surface area contributed by atoms with Crippen LogP contribution in [0.5, 0.6) is 5.75 Å². The van der Waals surface area contributed by atoms with E-state index in [1.165, 1.54) is 26.3 Å². The summed E-state index contributed by atoms with van der Waals surface area (Å²) in [6.07, 6.45) is -4.54. The highest BCUT2D eigenvalue weighted by Crippen LogP contribution is 2.35. The second-order valence-corrected chi connectivity index (χ2v) is 8.48. The van der Waals surface area contributed by atoms with Crippen LogP contribution in [0, 0.1) is 0 Å². The summed E-state index contributed by atoms with van der Waals surface area (Å²) in [4.78, 5) is 0.316. The number of hydrogen-bond donors (Lipinski definition) is 1. The van der Waals surface area contributed by atoms with Crippen LogP contribution in [-0.2, 0) is 23.2 Å². The molecule has 6 nitrogen and oxygen atoms in total. The molecule has 0 fully saturated rings. The van der Waals surface area contributed by atoms with Crippen LogP contribution in [0.3, 0.4) is 0 Å². The Morgan fingerprint density at radius 3 is 2.37 bits per heavy atom. The van der Waals surface area contributed by atoms with Crippen molar-refractivity contribution in [2.24, 2.45) is 7.05 Å². The van der Waals surface area contributed by atoms with Crippen LogP contribution in [0.25, 0.3) is 10.6 Å². The number of nitrogens with one attached hydrogen (secondary N) is 1. The first-order valence-corrected chi connectivity index (χ1v) is 9.78. The van der Waals surface area contributed by atoms with E-state index in [4.69, 9.17) is 4.74 Å². The normalized spacial score (nSPS) is 12.2. The zero-order valence-corrected chi connectivity index (χ0v) is 15.7.